The third-order valence-electron chi connectivity index (χ3n) is 5.42. The number of alkyl carbamates (subject to hydrolysis) is 1. The number of amidine groups is 1. The number of rotatable bonds is 7. The van der Waals surface area contributed by atoms with E-state index in [0.717, 1.165) is 5.56 Å². The second-order valence-electron chi connectivity index (χ2n) is 7.79. The van der Waals surface area contributed by atoms with E-state index >= 15 is 0 Å². The molecular weight excluding hydrogens is 480 g/mol. The van der Waals surface area contributed by atoms with Gasteiger partial charge in [-0.15, -0.1) is 0 Å². The molecule has 3 aromatic carbocycles. The first-order valence-electron chi connectivity index (χ1n) is 11.1. The number of nitrogens with one attached hydrogen (secondary N) is 4. The summed E-state index contributed by atoms with van der Waals surface area (Å²) in [6.07, 6.45) is -0.709. The van der Waals surface area contributed by atoms with E-state index in [1.54, 1.807) is 73.7 Å². The van der Waals surface area contributed by atoms with Gasteiger partial charge in [-0.1, -0.05) is 60.7 Å². The molecule has 0 saturated carbocycles. The summed E-state index contributed by atoms with van der Waals surface area (Å²) in [4.78, 5) is 27.8. The third-order valence-corrected chi connectivity index (χ3v) is 7.16. The molecule has 0 bridgehead atoms. The minimum atomic E-state index is -3.97. The van der Waals surface area contributed by atoms with E-state index in [9.17, 15) is 18.0 Å². The van der Waals surface area contributed by atoms with E-state index in [0.29, 0.717) is 16.5 Å². The van der Waals surface area contributed by atoms with Crippen LogP contribution in [0.1, 0.15) is 28.4 Å². The van der Waals surface area contributed by atoms with Gasteiger partial charge in [-0.25, -0.2) is 13.2 Å². The smallest absolute Gasteiger partial charge is 0.412 e. The number of carbonyl (C=O) groups excluding carboxylic acids is 2. The van der Waals surface area contributed by atoms with Gasteiger partial charge in [0, 0.05) is 23.0 Å². The second-order valence-corrected chi connectivity index (χ2v) is 9.68. The van der Waals surface area contributed by atoms with Crippen molar-refractivity contribution in [3.8, 4) is 0 Å². The van der Waals surface area contributed by atoms with E-state index in [1.165, 1.54) is 12.1 Å². The molecule has 4 N–H and O–H groups in total. The quantitative estimate of drug-likeness (QED) is 0.222. The average molecular weight is 505 g/mol. The maximum atomic E-state index is 13.4. The van der Waals surface area contributed by atoms with Crippen molar-refractivity contribution >= 4 is 38.6 Å². The van der Waals surface area contributed by atoms with Gasteiger partial charge in [-0.05, 0) is 30.7 Å². The Morgan fingerprint density at radius 2 is 1.61 bits per heavy atom. The highest BCUT2D eigenvalue weighted by atomic mass is 32.2. The van der Waals surface area contributed by atoms with Crippen LogP contribution in [-0.2, 0) is 21.1 Å². The number of amides is 2. The van der Waals surface area contributed by atoms with Crippen molar-refractivity contribution in [3.05, 3.63) is 95.6 Å². The van der Waals surface area contributed by atoms with Crippen molar-refractivity contribution in [3.63, 3.8) is 0 Å². The lowest BCUT2D eigenvalue weighted by molar-refractivity contribution is 0.0949. The molecule has 10 heteroatoms. The van der Waals surface area contributed by atoms with Gasteiger partial charge in [-0.2, -0.15) is 0 Å². The standard InChI is InChI=1S/C26H24N4O5S/c1-2-35-26(32)30-23(27)18-14-12-17(13-15-18)16-28-24(31)22-20-10-6-7-11-21(20)29-25(22)36(33,34)19-8-4-3-5-9-19/h3-15,29H,2,16H2,1H3,(H,28,31)(H2,27,30,32). The molecule has 184 valence electrons. The molecular formula is C26H24N4O5S. The normalized spacial score (nSPS) is 11.1. The van der Waals surface area contributed by atoms with Crippen LogP contribution in [0.5, 0.6) is 0 Å². The monoisotopic (exact) mass is 504 g/mol. The van der Waals surface area contributed by atoms with Gasteiger partial charge in [0.1, 0.15) is 5.84 Å². The lowest BCUT2D eigenvalue weighted by Crippen LogP contribution is -2.31. The zero-order valence-electron chi connectivity index (χ0n) is 19.4. The number of aromatic nitrogens is 1. The van der Waals surface area contributed by atoms with Gasteiger partial charge in [0.2, 0.25) is 9.84 Å². The molecule has 4 rings (SSSR count). The first-order valence-corrected chi connectivity index (χ1v) is 12.6. The van der Waals surface area contributed by atoms with Crippen LogP contribution in [0, 0.1) is 5.41 Å². The lowest BCUT2D eigenvalue weighted by atomic mass is 10.1. The van der Waals surface area contributed by atoms with Gasteiger partial charge >= 0.3 is 6.09 Å². The number of sulfone groups is 1. The predicted molar refractivity (Wildman–Crippen MR) is 135 cm³/mol. The summed E-state index contributed by atoms with van der Waals surface area (Å²) in [5.74, 6) is -0.652. The minimum absolute atomic E-state index is 0.0477. The Morgan fingerprint density at radius 3 is 2.31 bits per heavy atom. The summed E-state index contributed by atoms with van der Waals surface area (Å²) in [6.45, 7) is 1.99. The SMILES string of the molecule is CCOC(=O)NC(=N)c1ccc(CNC(=O)c2c(S(=O)(=O)c3ccccc3)[nH]c3ccccc23)cc1. The molecule has 2 amide bonds. The Balaban J connectivity index is 1.55. The Labute approximate surface area is 207 Å². The van der Waals surface area contributed by atoms with Crippen LogP contribution in [0.15, 0.2) is 88.8 Å². The molecule has 0 saturated heterocycles. The molecule has 4 aromatic rings. The summed E-state index contributed by atoms with van der Waals surface area (Å²) < 4.78 is 31.5. The fourth-order valence-electron chi connectivity index (χ4n) is 3.66. The van der Waals surface area contributed by atoms with Crippen LogP contribution in [-0.4, -0.2) is 37.8 Å². The second kappa shape index (κ2) is 10.4. The highest BCUT2D eigenvalue weighted by Crippen LogP contribution is 2.30. The maximum Gasteiger partial charge on any atom is 0.412 e. The minimum Gasteiger partial charge on any atom is -0.450 e. The van der Waals surface area contributed by atoms with Crippen molar-refractivity contribution in [1.82, 2.24) is 15.6 Å². The first-order chi connectivity index (χ1) is 17.3. The Hall–Kier alpha value is -4.44. The van der Waals surface area contributed by atoms with Crippen LogP contribution in [0.3, 0.4) is 0 Å². The molecule has 0 aliphatic carbocycles. The van der Waals surface area contributed by atoms with Gasteiger partial charge in [0.25, 0.3) is 5.91 Å². The van der Waals surface area contributed by atoms with Crippen molar-refractivity contribution in [2.24, 2.45) is 0 Å². The van der Waals surface area contributed by atoms with Crippen molar-refractivity contribution in [2.45, 2.75) is 23.4 Å². The zero-order chi connectivity index (χ0) is 25.7. The molecule has 0 radical (unpaired) electrons. The number of para-hydroxylation sites is 1. The number of fused-ring (bicyclic) bond motifs is 1. The number of benzene rings is 3. The molecule has 1 heterocycles. The highest BCUT2D eigenvalue weighted by molar-refractivity contribution is 7.91. The van der Waals surface area contributed by atoms with Crippen molar-refractivity contribution in [1.29, 1.82) is 5.41 Å². The van der Waals surface area contributed by atoms with Gasteiger partial charge in [0.15, 0.2) is 5.03 Å². The van der Waals surface area contributed by atoms with E-state index < -0.39 is 21.8 Å². The average Bonchev–Trinajstić information content (AvgIpc) is 3.29. The van der Waals surface area contributed by atoms with Gasteiger partial charge in [0.05, 0.1) is 17.1 Å². The highest BCUT2D eigenvalue weighted by Gasteiger charge is 2.29. The molecule has 36 heavy (non-hydrogen) atoms. The fraction of sp³-hybridized carbons (Fsp3) is 0.115. The maximum absolute atomic E-state index is 13.4. The van der Waals surface area contributed by atoms with Gasteiger partial charge in [-0.3, -0.25) is 15.5 Å². The number of ether oxygens (including phenoxy) is 1. The van der Waals surface area contributed by atoms with E-state index in [1.807, 2.05) is 0 Å². The number of hydrogen-bond donors (Lipinski definition) is 4. The van der Waals surface area contributed by atoms with Crippen LogP contribution in [0.2, 0.25) is 0 Å². The zero-order valence-corrected chi connectivity index (χ0v) is 20.2. The molecule has 9 nitrogen and oxygen atoms in total. The molecule has 0 aliphatic rings. The molecule has 1 aromatic heterocycles. The first kappa shape index (κ1) is 24.7. The summed E-state index contributed by atoms with van der Waals surface area (Å²) in [6, 6.07) is 21.5. The molecule has 0 aliphatic heterocycles. The number of aromatic amines is 1. The number of H-pyrrole nitrogens is 1. The molecule has 0 atom stereocenters. The molecule has 0 unspecified atom stereocenters. The molecule has 0 fully saturated rings. The number of hydrogen-bond acceptors (Lipinski definition) is 6. The summed E-state index contributed by atoms with van der Waals surface area (Å²) in [7, 11) is -3.97. The Morgan fingerprint density at radius 1 is 0.944 bits per heavy atom. The third kappa shape index (κ3) is 5.13. The largest absolute Gasteiger partial charge is 0.450 e. The molecule has 0 spiro atoms. The van der Waals surface area contributed by atoms with Crippen LogP contribution < -0.4 is 10.6 Å². The van der Waals surface area contributed by atoms with E-state index in [2.05, 4.69) is 15.6 Å². The van der Waals surface area contributed by atoms with Crippen LogP contribution in [0.4, 0.5) is 4.79 Å². The van der Waals surface area contributed by atoms with E-state index in [-0.39, 0.29) is 34.5 Å². The van der Waals surface area contributed by atoms with Crippen LogP contribution in [0.25, 0.3) is 10.9 Å². The van der Waals surface area contributed by atoms with Gasteiger partial charge < -0.3 is 15.0 Å². The van der Waals surface area contributed by atoms with Crippen molar-refractivity contribution in [2.75, 3.05) is 6.61 Å². The predicted octanol–water partition coefficient (Wildman–Crippen LogP) is 4.00. The summed E-state index contributed by atoms with van der Waals surface area (Å²) >= 11 is 0. The number of carbonyl (C=O) groups is 2. The lowest BCUT2D eigenvalue weighted by Gasteiger charge is -2.10. The fourth-order valence-corrected chi connectivity index (χ4v) is 5.13. The Bertz CT molecular complexity index is 1530. The topological polar surface area (TPSA) is 141 Å². The van der Waals surface area contributed by atoms with Crippen molar-refractivity contribution < 1.29 is 22.7 Å². The van der Waals surface area contributed by atoms with Crippen LogP contribution >= 0.6 is 0 Å². The van der Waals surface area contributed by atoms with E-state index in [4.69, 9.17) is 10.1 Å². The summed E-state index contributed by atoms with van der Waals surface area (Å²) in [5.41, 5.74) is 1.77. The Kier molecular flexibility index (Phi) is 7.16. The summed E-state index contributed by atoms with van der Waals surface area (Å²) in [5, 5.41) is 13.4.